The second-order valence-corrected chi connectivity index (χ2v) is 8.72. The van der Waals surface area contributed by atoms with Crippen LogP contribution in [0.25, 0.3) is 0 Å². The van der Waals surface area contributed by atoms with Gasteiger partial charge in [-0.15, -0.1) is 0 Å². The van der Waals surface area contributed by atoms with Crippen LogP contribution in [0, 0.1) is 0 Å². The van der Waals surface area contributed by atoms with Crippen molar-refractivity contribution in [2.24, 2.45) is 0 Å². The molecule has 1 amide bonds. The molecule has 0 aliphatic heterocycles. The van der Waals surface area contributed by atoms with E-state index in [4.69, 9.17) is 32.7 Å². The Labute approximate surface area is 199 Å². The first kappa shape index (κ1) is 26.0. The van der Waals surface area contributed by atoms with Gasteiger partial charge in [0.1, 0.15) is 18.1 Å². The second-order valence-electron chi connectivity index (χ2n) is 7.85. The summed E-state index contributed by atoms with van der Waals surface area (Å²) in [4.78, 5) is 21.9. The third kappa shape index (κ3) is 9.47. The number of halogens is 2. The van der Waals surface area contributed by atoms with Crippen LogP contribution < -0.4 is 20.1 Å². The maximum absolute atomic E-state index is 12.0. The lowest BCUT2D eigenvalue weighted by Crippen LogP contribution is -2.51. The Kier molecular flexibility index (Phi) is 10.8. The first-order chi connectivity index (χ1) is 15.3. The van der Waals surface area contributed by atoms with Crippen LogP contribution in [0.15, 0.2) is 48.5 Å². The van der Waals surface area contributed by atoms with E-state index in [9.17, 15) is 9.59 Å². The molecule has 174 valence electrons. The van der Waals surface area contributed by atoms with Gasteiger partial charge in [-0.3, -0.25) is 9.59 Å². The van der Waals surface area contributed by atoms with E-state index < -0.39 is 0 Å². The largest absolute Gasteiger partial charge is 0.486 e. The molecular formula is C24H30Cl2N2O4. The lowest BCUT2D eigenvalue weighted by molar-refractivity contribution is -0.124. The number of carbonyl (C=O) groups is 2. The fourth-order valence-electron chi connectivity index (χ4n) is 3.45. The summed E-state index contributed by atoms with van der Waals surface area (Å²) in [7, 11) is 1.98. The van der Waals surface area contributed by atoms with Gasteiger partial charge in [0.15, 0.2) is 12.9 Å². The van der Waals surface area contributed by atoms with Gasteiger partial charge < -0.3 is 20.1 Å². The third-order valence-electron chi connectivity index (χ3n) is 5.26. The zero-order valence-electron chi connectivity index (χ0n) is 18.4. The summed E-state index contributed by atoms with van der Waals surface area (Å²) in [6, 6.07) is 14.1. The zero-order chi connectivity index (χ0) is 23.4. The lowest BCUT2D eigenvalue weighted by Gasteiger charge is -2.38. The van der Waals surface area contributed by atoms with Gasteiger partial charge in [-0.2, -0.15) is 0 Å². The predicted octanol–water partition coefficient (Wildman–Crippen LogP) is 4.67. The third-order valence-corrected chi connectivity index (χ3v) is 5.77. The summed E-state index contributed by atoms with van der Waals surface area (Å²) >= 11 is 11.4. The monoisotopic (exact) mass is 480 g/mol. The second kappa shape index (κ2) is 13.3. The minimum atomic E-state index is -0.0738. The van der Waals surface area contributed by atoms with E-state index in [-0.39, 0.29) is 30.7 Å². The number of rotatable bonds is 8. The molecule has 2 aromatic rings. The molecule has 0 heterocycles. The van der Waals surface area contributed by atoms with Crippen molar-refractivity contribution in [2.75, 3.05) is 20.3 Å². The summed E-state index contributed by atoms with van der Waals surface area (Å²) in [5, 5.41) is 7.72. The molecular weight excluding hydrogens is 451 g/mol. The van der Waals surface area contributed by atoms with Crippen LogP contribution >= 0.6 is 23.2 Å². The smallest absolute Gasteiger partial charge is 0.258 e. The molecule has 2 N–H and O–H groups in total. The van der Waals surface area contributed by atoms with Gasteiger partial charge in [0.05, 0.1) is 0 Å². The first-order valence-electron chi connectivity index (χ1n) is 10.5. The Morgan fingerprint density at radius 1 is 1.06 bits per heavy atom. The molecule has 2 aromatic carbocycles. The zero-order valence-corrected chi connectivity index (χ0v) is 19.9. The van der Waals surface area contributed by atoms with Gasteiger partial charge >= 0.3 is 0 Å². The van der Waals surface area contributed by atoms with Gasteiger partial charge in [-0.1, -0.05) is 23.2 Å². The molecule has 32 heavy (non-hydrogen) atoms. The van der Waals surface area contributed by atoms with Crippen molar-refractivity contribution in [3.05, 3.63) is 58.6 Å². The van der Waals surface area contributed by atoms with E-state index in [2.05, 4.69) is 17.6 Å². The van der Waals surface area contributed by atoms with Gasteiger partial charge in [-0.25, -0.2) is 0 Å². The molecule has 2 atom stereocenters. The Bertz CT molecular complexity index is 846. The van der Waals surface area contributed by atoms with Crippen LogP contribution in [0.2, 0.25) is 10.0 Å². The van der Waals surface area contributed by atoms with E-state index in [1.54, 1.807) is 48.5 Å². The topological polar surface area (TPSA) is 76.7 Å². The summed E-state index contributed by atoms with van der Waals surface area (Å²) in [5.74, 6) is 1.23. The number of carbonyl (C=O) groups excluding carboxylic acids is 2. The van der Waals surface area contributed by atoms with E-state index in [1.165, 1.54) is 0 Å². The Balaban J connectivity index is 0.000000278. The Hall–Kier alpha value is -2.28. The van der Waals surface area contributed by atoms with Crippen LogP contribution in [-0.4, -0.2) is 44.0 Å². The number of ether oxygens (including phenoxy) is 2. The number of hydrogen-bond donors (Lipinski definition) is 2. The first-order valence-corrected chi connectivity index (χ1v) is 11.3. The van der Waals surface area contributed by atoms with Crippen LogP contribution in [0.1, 0.15) is 32.6 Å². The summed E-state index contributed by atoms with van der Waals surface area (Å²) in [6.45, 7) is 2.32. The number of benzene rings is 2. The lowest BCUT2D eigenvalue weighted by atomic mass is 9.80. The number of amides is 1. The standard InChI is InChI=1S/C16H23ClN2O2.C8H7ClO2/c1-16(18-2)9-3-4-13(10-16)19-15(20)11-21-14-7-5-12(17)6-8-14;9-7-1-3-8(4-2-7)11-6-5-10/h5-8,13,18H,3-4,9-11H2,1-2H3,(H,19,20);1-5H,6H2. The van der Waals surface area contributed by atoms with Gasteiger partial charge in [-0.05, 0) is 88.2 Å². The summed E-state index contributed by atoms with van der Waals surface area (Å²) in [5.41, 5.74) is 0.118. The van der Waals surface area contributed by atoms with Crippen molar-refractivity contribution in [3.8, 4) is 11.5 Å². The maximum Gasteiger partial charge on any atom is 0.258 e. The van der Waals surface area contributed by atoms with Crippen molar-refractivity contribution >= 4 is 35.4 Å². The Morgan fingerprint density at radius 3 is 2.16 bits per heavy atom. The van der Waals surface area contributed by atoms with E-state index in [1.807, 2.05) is 7.05 Å². The highest BCUT2D eigenvalue weighted by Gasteiger charge is 2.31. The quantitative estimate of drug-likeness (QED) is 0.536. The molecule has 6 nitrogen and oxygen atoms in total. The van der Waals surface area contributed by atoms with Crippen LogP contribution in [0.5, 0.6) is 11.5 Å². The van der Waals surface area contributed by atoms with Crippen LogP contribution in [-0.2, 0) is 9.59 Å². The average Bonchev–Trinajstić information content (AvgIpc) is 2.79. The molecule has 2 unspecified atom stereocenters. The Morgan fingerprint density at radius 2 is 1.62 bits per heavy atom. The highest BCUT2D eigenvalue weighted by atomic mass is 35.5. The van der Waals surface area contributed by atoms with Crippen molar-refractivity contribution in [2.45, 2.75) is 44.2 Å². The maximum atomic E-state index is 12.0. The van der Waals surface area contributed by atoms with Gasteiger partial charge in [0.2, 0.25) is 0 Å². The van der Waals surface area contributed by atoms with E-state index >= 15 is 0 Å². The molecule has 1 aliphatic carbocycles. The normalized spacial score (nSPS) is 19.8. The van der Waals surface area contributed by atoms with Crippen LogP contribution in [0.4, 0.5) is 0 Å². The molecule has 0 saturated heterocycles. The highest BCUT2D eigenvalue weighted by molar-refractivity contribution is 6.30. The SMILES string of the molecule is CNC1(C)CCCC(NC(=O)COc2ccc(Cl)cc2)C1.O=CCOc1ccc(Cl)cc1. The minimum absolute atomic E-state index is 0.0361. The minimum Gasteiger partial charge on any atom is -0.486 e. The molecule has 1 fully saturated rings. The van der Waals surface area contributed by atoms with Crippen molar-refractivity contribution < 1.29 is 19.1 Å². The van der Waals surface area contributed by atoms with Crippen molar-refractivity contribution in [3.63, 3.8) is 0 Å². The number of nitrogens with one attached hydrogen (secondary N) is 2. The average molecular weight is 481 g/mol. The summed E-state index contributed by atoms with van der Waals surface area (Å²) in [6.07, 6.45) is 4.96. The number of hydrogen-bond acceptors (Lipinski definition) is 5. The fourth-order valence-corrected chi connectivity index (χ4v) is 3.70. The molecule has 0 radical (unpaired) electrons. The van der Waals surface area contributed by atoms with Gasteiger partial charge in [0, 0.05) is 21.6 Å². The molecule has 3 rings (SSSR count). The van der Waals surface area contributed by atoms with E-state index in [0.29, 0.717) is 27.8 Å². The van der Waals surface area contributed by atoms with Crippen LogP contribution in [0.3, 0.4) is 0 Å². The molecule has 0 spiro atoms. The van der Waals surface area contributed by atoms with Crippen molar-refractivity contribution in [1.82, 2.24) is 10.6 Å². The number of aldehydes is 1. The highest BCUT2D eigenvalue weighted by Crippen LogP contribution is 2.27. The summed E-state index contributed by atoms with van der Waals surface area (Å²) < 4.78 is 10.4. The fraction of sp³-hybridized carbons (Fsp3) is 0.417. The van der Waals surface area contributed by atoms with Crippen molar-refractivity contribution in [1.29, 1.82) is 0 Å². The molecule has 1 aliphatic rings. The predicted molar refractivity (Wildman–Crippen MR) is 128 cm³/mol. The molecule has 8 heteroatoms. The molecule has 1 saturated carbocycles. The van der Waals surface area contributed by atoms with Gasteiger partial charge in [0.25, 0.3) is 5.91 Å². The van der Waals surface area contributed by atoms with E-state index in [0.717, 1.165) is 25.7 Å². The molecule has 0 bridgehead atoms. The molecule has 0 aromatic heterocycles.